The number of unbranched alkanes of at least 4 members (excludes halogenated alkanes) is 12. The molecule has 0 aliphatic rings. The Kier molecular flexibility index (Phi) is 26.3. The van der Waals surface area contributed by atoms with Crippen molar-refractivity contribution in [2.45, 2.75) is 161 Å². The van der Waals surface area contributed by atoms with Crippen LogP contribution in [0.4, 0.5) is 0 Å². The minimum absolute atomic E-state index is 0.239. The summed E-state index contributed by atoms with van der Waals surface area (Å²) < 4.78 is 0. The first kappa shape index (κ1) is 35.8. The molecule has 0 aliphatic heterocycles. The minimum Gasteiger partial charge on any atom is -0.392 e. The van der Waals surface area contributed by atoms with Gasteiger partial charge < -0.3 is 20.2 Å². The van der Waals surface area contributed by atoms with Crippen LogP contribution in [-0.2, 0) is 0 Å². The van der Waals surface area contributed by atoms with Crippen molar-refractivity contribution in [2.75, 3.05) is 39.8 Å². The lowest BCUT2D eigenvalue weighted by atomic mass is 10.0. The predicted molar refractivity (Wildman–Crippen MR) is 157 cm³/mol. The lowest BCUT2D eigenvalue weighted by Gasteiger charge is -2.28. The first-order chi connectivity index (χ1) is 17.4. The predicted octanol–water partition coefficient (Wildman–Crippen LogP) is 6.77. The van der Waals surface area contributed by atoms with Gasteiger partial charge in [-0.2, -0.15) is 0 Å². The van der Waals surface area contributed by atoms with Crippen LogP contribution in [0, 0.1) is 0 Å². The molecule has 0 radical (unpaired) electrons. The van der Waals surface area contributed by atoms with E-state index >= 15 is 0 Å². The van der Waals surface area contributed by atoms with Gasteiger partial charge in [0.25, 0.3) is 0 Å². The molecule has 0 heterocycles. The largest absolute Gasteiger partial charge is 0.392 e. The minimum atomic E-state index is -0.316. The van der Waals surface area contributed by atoms with Gasteiger partial charge in [-0.25, -0.2) is 0 Å². The molecule has 3 atom stereocenters. The lowest BCUT2D eigenvalue weighted by Crippen LogP contribution is -2.40. The molecule has 0 amide bonds. The van der Waals surface area contributed by atoms with Crippen LogP contribution in [0.3, 0.4) is 0 Å². The Labute approximate surface area is 226 Å². The third-order valence-electron chi connectivity index (χ3n) is 7.38. The van der Waals surface area contributed by atoms with E-state index in [4.69, 9.17) is 0 Å². The second kappa shape index (κ2) is 26.4. The first-order valence-corrected chi connectivity index (χ1v) is 15.9. The highest BCUT2D eigenvalue weighted by atomic mass is 16.3. The molecular weight excluding hydrogens is 448 g/mol. The zero-order chi connectivity index (χ0) is 26.9. The molecule has 0 aromatic rings. The number of hydrogen-bond donors (Lipinski definition) is 3. The van der Waals surface area contributed by atoms with Crippen LogP contribution in [0.25, 0.3) is 0 Å². The third-order valence-corrected chi connectivity index (χ3v) is 7.38. The monoisotopic (exact) mass is 515 g/mol. The maximum atomic E-state index is 10.5. The summed E-state index contributed by atoms with van der Waals surface area (Å²) in [5.41, 5.74) is 0. The van der Waals surface area contributed by atoms with E-state index in [0.29, 0.717) is 13.1 Å². The Hall–Kier alpha value is -0.200. The second-order valence-electron chi connectivity index (χ2n) is 11.4. The molecule has 0 aliphatic carbocycles. The second-order valence-corrected chi connectivity index (χ2v) is 11.4. The fourth-order valence-electron chi connectivity index (χ4n) is 5.15. The van der Waals surface area contributed by atoms with Gasteiger partial charge in [0.1, 0.15) is 0 Å². The fraction of sp³-hybridized carbons (Fsp3) is 1.00. The molecule has 0 fully saturated rings. The lowest BCUT2D eigenvalue weighted by molar-refractivity contribution is 0.0581. The molecule has 5 nitrogen and oxygen atoms in total. The third kappa shape index (κ3) is 24.2. The molecule has 36 heavy (non-hydrogen) atoms. The van der Waals surface area contributed by atoms with Gasteiger partial charge in [-0.15, -0.1) is 0 Å². The van der Waals surface area contributed by atoms with Crippen molar-refractivity contribution >= 4 is 0 Å². The number of likely N-dealkylation sites (N-methyl/N-ethyl adjacent to an activating group) is 1. The average molecular weight is 515 g/mol. The average Bonchev–Trinajstić information content (AvgIpc) is 2.82. The van der Waals surface area contributed by atoms with Crippen LogP contribution in [0.15, 0.2) is 0 Å². The molecule has 0 spiro atoms. The van der Waals surface area contributed by atoms with Crippen molar-refractivity contribution in [3.8, 4) is 0 Å². The van der Waals surface area contributed by atoms with Gasteiger partial charge in [0.2, 0.25) is 0 Å². The van der Waals surface area contributed by atoms with Gasteiger partial charge in [0.05, 0.1) is 18.3 Å². The Morgan fingerprint density at radius 3 is 1.39 bits per heavy atom. The summed E-state index contributed by atoms with van der Waals surface area (Å²) in [4.78, 5) is 4.48. The summed E-state index contributed by atoms with van der Waals surface area (Å²) in [5.74, 6) is 0. The SMILES string of the molecule is CCCCCCCCCCCCCC(O)CN(C)CCCN(CC(O)CCC)CC(O)CCCCC. The van der Waals surface area contributed by atoms with E-state index in [0.717, 1.165) is 64.6 Å². The highest BCUT2D eigenvalue weighted by Crippen LogP contribution is 2.13. The van der Waals surface area contributed by atoms with Gasteiger partial charge >= 0.3 is 0 Å². The molecule has 0 rings (SSSR count). The number of aliphatic hydroxyl groups excluding tert-OH is 3. The van der Waals surface area contributed by atoms with Gasteiger partial charge in [-0.05, 0) is 45.8 Å². The zero-order valence-corrected chi connectivity index (χ0v) is 24.9. The van der Waals surface area contributed by atoms with E-state index in [1.807, 2.05) is 0 Å². The molecular formula is C31H66N2O3. The van der Waals surface area contributed by atoms with Crippen LogP contribution in [0.1, 0.15) is 143 Å². The van der Waals surface area contributed by atoms with E-state index in [1.165, 1.54) is 77.0 Å². The van der Waals surface area contributed by atoms with Gasteiger partial charge in [0.15, 0.2) is 0 Å². The van der Waals surface area contributed by atoms with Crippen molar-refractivity contribution in [2.24, 2.45) is 0 Å². The first-order valence-electron chi connectivity index (χ1n) is 15.9. The zero-order valence-electron chi connectivity index (χ0n) is 24.9. The molecule has 5 heteroatoms. The fourth-order valence-corrected chi connectivity index (χ4v) is 5.15. The topological polar surface area (TPSA) is 67.2 Å². The molecule has 0 aromatic carbocycles. The Morgan fingerprint density at radius 1 is 0.444 bits per heavy atom. The van der Waals surface area contributed by atoms with E-state index in [1.54, 1.807) is 0 Å². The van der Waals surface area contributed by atoms with Gasteiger partial charge in [-0.3, -0.25) is 4.90 Å². The van der Waals surface area contributed by atoms with E-state index in [9.17, 15) is 15.3 Å². The Balaban J connectivity index is 3.98. The Morgan fingerprint density at radius 2 is 0.861 bits per heavy atom. The van der Waals surface area contributed by atoms with Crippen LogP contribution in [0.2, 0.25) is 0 Å². The molecule has 0 aromatic heterocycles. The van der Waals surface area contributed by atoms with Gasteiger partial charge in [-0.1, -0.05) is 117 Å². The Bertz CT molecular complexity index is 438. The number of aliphatic hydroxyl groups is 3. The quantitative estimate of drug-likeness (QED) is 0.100. The summed E-state index contributed by atoms with van der Waals surface area (Å²) in [6.07, 6.45) is 21.8. The number of nitrogens with zero attached hydrogens (tertiary/aromatic N) is 2. The maximum absolute atomic E-state index is 10.5. The van der Waals surface area contributed by atoms with E-state index in [-0.39, 0.29) is 18.3 Å². The summed E-state index contributed by atoms with van der Waals surface area (Å²) in [5, 5.41) is 31.2. The highest BCUT2D eigenvalue weighted by Gasteiger charge is 2.16. The maximum Gasteiger partial charge on any atom is 0.0667 e. The summed E-state index contributed by atoms with van der Waals surface area (Å²) in [6.45, 7) is 10.4. The molecule has 218 valence electrons. The smallest absolute Gasteiger partial charge is 0.0667 e. The van der Waals surface area contributed by atoms with Crippen molar-refractivity contribution in [1.29, 1.82) is 0 Å². The van der Waals surface area contributed by atoms with Crippen LogP contribution < -0.4 is 0 Å². The van der Waals surface area contributed by atoms with E-state index in [2.05, 4.69) is 37.6 Å². The standard InChI is InChI=1S/C31H66N2O3/c1-5-8-10-11-12-13-14-15-16-17-19-23-30(35)26-32(4)24-20-25-33(27-29(34)21-7-3)28-31(36)22-18-9-6-2/h29-31,34-36H,5-28H2,1-4H3. The van der Waals surface area contributed by atoms with Crippen molar-refractivity contribution in [3.63, 3.8) is 0 Å². The van der Waals surface area contributed by atoms with Crippen LogP contribution in [0.5, 0.6) is 0 Å². The summed E-state index contributed by atoms with van der Waals surface area (Å²) >= 11 is 0. The molecule has 3 unspecified atom stereocenters. The van der Waals surface area contributed by atoms with Gasteiger partial charge in [0, 0.05) is 19.6 Å². The molecule has 0 bridgehead atoms. The summed E-state index contributed by atoms with van der Waals surface area (Å²) in [7, 11) is 2.10. The molecule has 0 saturated carbocycles. The summed E-state index contributed by atoms with van der Waals surface area (Å²) in [6, 6.07) is 0. The number of hydrogen-bond acceptors (Lipinski definition) is 5. The van der Waals surface area contributed by atoms with Crippen LogP contribution in [-0.4, -0.2) is 83.2 Å². The highest BCUT2D eigenvalue weighted by molar-refractivity contribution is 4.71. The van der Waals surface area contributed by atoms with Crippen molar-refractivity contribution in [1.82, 2.24) is 9.80 Å². The number of rotatable bonds is 28. The normalized spacial score (nSPS) is 14.6. The van der Waals surface area contributed by atoms with Crippen LogP contribution >= 0.6 is 0 Å². The van der Waals surface area contributed by atoms with Crippen molar-refractivity contribution in [3.05, 3.63) is 0 Å². The molecule has 3 N–H and O–H groups in total. The molecule has 0 saturated heterocycles. The van der Waals surface area contributed by atoms with E-state index < -0.39 is 0 Å². The van der Waals surface area contributed by atoms with Crippen molar-refractivity contribution < 1.29 is 15.3 Å².